The Morgan fingerprint density at radius 2 is 1.91 bits per heavy atom. The normalized spacial score (nSPS) is 11.6. The number of methoxy groups -OCH3 is 1. The number of furan rings is 1. The second-order valence-corrected chi connectivity index (χ2v) is 8.51. The first kappa shape index (κ1) is 21.8. The minimum absolute atomic E-state index is 0.249. The van der Waals surface area contributed by atoms with E-state index in [1.165, 1.54) is 0 Å². The lowest BCUT2D eigenvalue weighted by Crippen LogP contribution is -2.10. The number of benzene rings is 2. The van der Waals surface area contributed by atoms with Crippen molar-refractivity contribution in [2.24, 2.45) is 0 Å². The zero-order valence-electron chi connectivity index (χ0n) is 18.3. The minimum atomic E-state index is -0.249. The molecule has 1 N–H and O–H groups in total. The predicted octanol–water partition coefficient (Wildman–Crippen LogP) is 6.92. The van der Waals surface area contributed by atoms with Crippen molar-refractivity contribution < 1.29 is 13.9 Å². The largest absolute Gasteiger partial charge is 0.496 e. The number of hydrogen-bond acceptors (Lipinski definition) is 4. The lowest BCUT2D eigenvalue weighted by molar-refractivity contribution is -0.111. The number of hydrogen-bond donors (Lipinski definition) is 1. The first-order valence-electron chi connectivity index (χ1n) is 10.2. The number of ether oxygens (including phenoxy) is 1. The number of carbonyl (C=O) groups excluding carboxylic acids is 1. The van der Waals surface area contributed by atoms with Crippen molar-refractivity contribution in [2.45, 2.75) is 20.8 Å². The molecule has 0 unspecified atom stereocenters. The second-order valence-electron chi connectivity index (χ2n) is 7.60. The fourth-order valence-electron chi connectivity index (χ4n) is 3.77. The predicted molar refractivity (Wildman–Crippen MR) is 132 cm³/mol. The van der Waals surface area contributed by atoms with Crippen LogP contribution in [0.2, 0.25) is 0 Å². The molecule has 4 rings (SSSR count). The van der Waals surface area contributed by atoms with E-state index in [1.807, 2.05) is 63.2 Å². The number of amides is 1. The number of fused-ring (bicyclic) bond motifs is 1. The van der Waals surface area contributed by atoms with Crippen molar-refractivity contribution in [3.05, 3.63) is 82.2 Å². The number of nitrogens with zero attached hydrogens (tertiary/aromatic N) is 1. The van der Waals surface area contributed by atoms with Crippen LogP contribution in [0.15, 0.2) is 69.8 Å². The Labute approximate surface area is 195 Å². The highest BCUT2D eigenvalue weighted by atomic mass is 79.9. The molecule has 0 fully saturated rings. The Balaban J connectivity index is 1.76. The van der Waals surface area contributed by atoms with Gasteiger partial charge < -0.3 is 14.5 Å². The quantitative estimate of drug-likeness (QED) is 0.308. The molecule has 0 aliphatic heterocycles. The summed E-state index contributed by atoms with van der Waals surface area (Å²) in [6.45, 7) is 5.74. The van der Waals surface area contributed by atoms with Crippen LogP contribution in [0, 0.1) is 13.8 Å². The highest BCUT2D eigenvalue weighted by molar-refractivity contribution is 9.10. The van der Waals surface area contributed by atoms with Gasteiger partial charge in [0.25, 0.3) is 0 Å². The Bertz CT molecular complexity index is 1340. The number of allylic oxidation sites excluding steroid dienone is 1. The molecule has 0 aliphatic rings. The third-order valence-electron chi connectivity index (χ3n) is 5.32. The summed E-state index contributed by atoms with van der Waals surface area (Å²) in [7, 11) is 1.63. The van der Waals surface area contributed by atoms with Crippen LogP contribution in [0.1, 0.15) is 23.7 Å². The van der Waals surface area contributed by atoms with E-state index in [0.29, 0.717) is 11.6 Å². The summed E-state index contributed by atoms with van der Waals surface area (Å²) >= 11 is 3.48. The third-order valence-corrected chi connectivity index (χ3v) is 5.84. The number of rotatable bonds is 5. The van der Waals surface area contributed by atoms with Gasteiger partial charge in [-0.2, -0.15) is 0 Å². The molecule has 0 saturated heterocycles. The van der Waals surface area contributed by atoms with Gasteiger partial charge in [0.2, 0.25) is 5.91 Å². The van der Waals surface area contributed by atoms with Gasteiger partial charge in [0.15, 0.2) is 0 Å². The summed E-state index contributed by atoms with van der Waals surface area (Å²) in [6.07, 6.45) is 3.33. The smallest absolute Gasteiger partial charge is 0.249 e. The Kier molecular flexibility index (Phi) is 6.15. The highest BCUT2D eigenvalue weighted by Crippen LogP contribution is 2.40. The van der Waals surface area contributed by atoms with Gasteiger partial charge in [0, 0.05) is 38.3 Å². The minimum Gasteiger partial charge on any atom is -0.496 e. The number of nitrogens with one attached hydrogen (secondary N) is 1. The summed E-state index contributed by atoms with van der Waals surface area (Å²) in [5.74, 6) is 0.954. The molecule has 162 valence electrons. The van der Waals surface area contributed by atoms with Crippen LogP contribution in [0.3, 0.4) is 0 Å². The molecule has 0 atom stereocenters. The number of pyridine rings is 1. The molecule has 0 radical (unpaired) electrons. The highest BCUT2D eigenvalue weighted by Gasteiger charge is 2.19. The lowest BCUT2D eigenvalue weighted by atomic mass is 9.96. The Morgan fingerprint density at radius 1 is 1.16 bits per heavy atom. The van der Waals surface area contributed by atoms with E-state index in [9.17, 15) is 4.79 Å². The Hall–Kier alpha value is -3.38. The van der Waals surface area contributed by atoms with Crippen LogP contribution < -0.4 is 10.1 Å². The maximum absolute atomic E-state index is 12.6. The van der Waals surface area contributed by atoms with Crippen LogP contribution in [0.25, 0.3) is 27.7 Å². The number of carbonyl (C=O) groups is 1. The third kappa shape index (κ3) is 4.32. The van der Waals surface area contributed by atoms with Crippen LogP contribution in [0.4, 0.5) is 5.82 Å². The van der Waals surface area contributed by atoms with Gasteiger partial charge in [0.1, 0.15) is 17.2 Å². The molecule has 2 heterocycles. The molecule has 6 heteroatoms. The van der Waals surface area contributed by atoms with E-state index in [0.717, 1.165) is 49.0 Å². The van der Waals surface area contributed by atoms with E-state index in [2.05, 4.69) is 26.2 Å². The number of aromatic nitrogens is 1. The average Bonchev–Trinajstić information content (AvgIpc) is 3.18. The molecule has 0 aliphatic carbocycles. The van der Waals surface area contributed by atoms with Crippen LogP contribution in [-0.4, -0.2) is 18.0 Å². The molecule has 0 spiro atoms. The summed E-state index contributed by atoms with van der Waals surface area (Å²) in [4.78, 5) is 17.0. The molecule has 32 heavy (non-hydrogen) atoms. The fraction of sp³-hybridized carbons (Fsp3) is 0.154. The monoisotopic (exact) mass is 490 g/mol. The van der Waals surface area contributed by atoms with Crippen molar-refractivity contribution in [1.82, 2.24) is 4.98 Å². The Morgan fingerprint density at radius 3 is 2.59 bits per heavy atom. The van der Waals surface area contributed by atoms with Gasteiger partial charge in [-0.3, -0.25) is 4.79 Å². The van der Waals surface area contributed by atoms with Gasteiger partial charge in [-0.25, -0.2) is 4.98 Å². The summed E-state index contributed by atoms with van der Waals surface area (Å²) < 4.78 is 12.6. The zero-order valence-corrected chi connectivity index (χ0v) is 19.9. The molecule has 0 saturated carbocycles. The second kappa shape index (κ2) is 9.01. The van der Waals surface area contributed by atoms with Crippen LogP contribution in [0.5, 0.6) is 5.75 Å². The van der Waals surface area contributed by atoms with Crippen LogP contribution >= 0.6 is 15.9 Å². The molecular formula is C26H23BrN2O3. The molecule has 5 nitrogen and oxygen atoms in total. The maximum atomic E-state index is 12.6. The van der Waals surface area contributed by atoms with Crippen molar-refractivity contribution in [3.8, 4) is 16.9 Å². The van der Waals surface area contributed by atoms with Gasteiger partial charge in [-0.15, -0.1) is 0 Å². The van der Waals surface area contributed by atoms with Crippen LogP contribution in [-0.2, 0) is 4.79 Å². The average molecular weight is 491 g/mol. The van der Waals surface area contributed by atoms with E-state index in [1.54, 1.807) is 25.5 Å². The van der Waals surface area contributed by atoms with Crippen molar-refractivity contribution in [2.75, 3.05) is 12.4 Å². The van der Waals surface area contributed by atoms with Gasteiger partial charge >= 0.3 is 0 Å². The van der Waals surface area contributed by atoms with Crippen molar-refractivity contribution in [1.29, 1.82) is 0 Å². The SMILES string of the molecule is COc1c(/C(C)=C/C(=O)Nc2cccc(C)n2)cc2c(-c3ccc(Br)cc3)coc2c1C. The van der Waals surface area contributed by atoms with E-state index in [4.69, 9.17) is 9.15 Å². The summed E-state index contributed by atoms with van der Waals surface area (Å²) in [5, 5.41) is 3.79. The topological polar surface area (TPSA) is 64.4 Å². The first-order valence-corrected chi connectivity index (χ1v) is 10.9. The van der Waals surface area contributed by atoms with Gasteiger partial charge in [0.05, 0.1) is 13.4 Å². The molecule has 2 aromatic heterocycles. The number of anilines is 1. The summed E-state index contributed by atoms with van der Waals surface area (Å²) in [6, 6.07) is 15.6. The molecule has 4 aromatic rings. The van der Waals surface area contributed by atoms with E-state index in [-0.39, 0.29) is 5.91 Å². The fourth-order valence-corrected chi connectivity index (χ4v) is 4.04. The molecule has 1 amide bonds. The molecule has 0 bridgehead atoms. The number of aryl methyl sites for hydroxylation is 2. The summed E-state index contributed by atoms with van der Waals surface area (Å²) in [5.41, 5.74) is 6.14. The van der Waals surface area contributed by atoms with E-state index < -0.39 is 0 Å². The first-order chi connectivity index (χ1) is 15.4. The van der Waals surface area contributed by atoms with Gasteiger partial charge in [-0.05, 0) is 62.2 Å². The van der Waals surface area contributed by atoms with Crippen molar-refractivity contribution >= 4 is 44.2 Å². The molecule has 2 aromatic carbocycles. The lowest BCUT2D eigenvalue weighted by Gasteiger charge is -2.13. The van der Waals surface area contributed by atoms with Crippen molar-refractivity contribution in [3.63, 3.8) is 0 Å². The molecular weight excluding hydrogens is 468 g/mol. The maximum Gasteiger partial charge on any atom is 0.249 e. The zero-order chi connectivity index (χ0) is 22.8. The van der Waals surface area contributed by atoms with E-state index >= 15 is 0 Å². The van der Waals surface area contributed by atoms with Gasteiger partial charge in [-0.1, -0.05) is 34.1 Å². The standard InChI is InChI=1S/C26H23BrN2O3/c1-15(12-24(30)29-23-7-5-6-16(2)28-23)20-13-21-22(18-8-10-19(27)11-9-18)14-32-26(21)17(3)25(20)31-4/h5-14H,1-4H3,(H,28,29,30)/b15-12+. The number of halogens is 1.